The highest BCUT2D eigenvalue weighted by Gasteiger charge is 2.19. The monoisotopic (exact) mass is 322 g/mol. The van der Waals surface area contributed by atoms with Crippen LogP contribution in [-0.2, 0) is 9.53 Å². The first-order valence-corrected chi connectivity index (χ1v) is 7.49. The Morgan fingerprint density at radius 3 is 2.21 bits per heavy atom. The van der Waals surface area contributed by atoms with E-state index in [1.165, 1.54) is 6.92 Å². The number of esters is 1. The lowest BCUT2D eigenvalue weighted by Crippen LogP contribution is -2.30. The van der Waals surface area contributed by atoms with Crippen molar-refractivity contribution in [2.45, 2.75) is 26.9 Å². The van der Waals surface area contributed by atoms with Gasteiger partial charge in [0.25, 0.3) is 5.91 Å². The van der Waals surface area contributed by atoms with Gasteiger partial charge in [-0.15, -0.1) is 0 Å². The summed E-state index contributed by atoms with van der Waals surface area (Å²) in [5, 5.41) is 11.4. The Bertz CT molecular complexity index is 784. The molecule has 0 spiro atoms. The number of ether oxygens (including phenoxy) is 1. The summed E-state index contributed by atoms with van der Waals surface area (Å²) < 4.78 is 5.22. The predicted octanol–water partition coefficient (Wildman–Crippen LogP) is 3.36. The molecule has 0 saturated carbocycles. The van der Waals surface area contributed by atoms with Crippen molar-refractivity contribution in [3.63, 3.8) is 0 Å². The predicted molar refractivity (Wildman–Crippen MR) is 90.6 cm³/mol. The molecule has 0 aliphatic rings. The summed E-state index contributed by atoms with van der Waals surface area (Å²) in [4.78, 5) is 24.3. The summed E-state index contributed by atoms with van der Waals surface area (Å²) in [6.07, 6.45) is -0.936. The Morgan fingerprint density at radius 1 is 1.08 bits per heavy atom. The van der Waals surface area contributed by atoms with Crippen LogP contribution in [0, 0.1) is 25.2 Å². The van der Waals surface area contributed by atoms with Crippen LogP contribution in [0.3, 0.4) is 0 Å². The van der Waals surface area contributed by atoms with E-state index in [1.54, 1.807) is 36.4 Å². The number of carbonyl (C=O) groups is 2. The van der Waals surface area contributed by atoms with Gasteiger partial charge in [-0.25, -0.2) is 4.79 Å². The maximum Gasteiger partial charge on any atom is 0.338 e. The van der Waals surface area contributed by atoms with Gasteiger partial charge in [-0.05, 0) is 57.2 Å². The van der Waals surface area contributed by atoms with Gasteiger partial charge in [0.15, 0.2) is 6.10 Å². The number of hydrogen-bond donors (Lipinski definition) is 1. The number of aryl methyl sites for hydroxylation is 2. The van der Waals surface area contributed by atoms with Gasteiger partial charge >= 0.3 is 5.97 Å². The Kier molecular flexibility index (Phi) is 5.33. The smallest absolute Gasteiger partial charge is 0.338 e. The fraction of sp³-hybridized carbons (Fsp3) is 0.211. The standard InChI is InChI=1S/C19H18N2O3/c1-12-8-13(2)10-16(9-12)19(23)24-14(3)18(22)21-17-6-4-15(11-20)5-7-17/h4-10,14H,1-3H3,(H,21,22). The molecule has 2 aromatic carbocycles. The van der Waals surface area contributed by atoms with Crippen LogP contribution in [0.4, 0.5) is 5.69 Å². The fourth-order valence-corrected chi connectivity index (χ4v) is 2.25. The first-order chi connectivity index (χ1) is 11.4. The summed E-state index contributed by atoms with van der Waals surface area (Å²) in [5.41, 5.74) is 3.37. The van der Waals surface area contributed by atoms with E-state index in [4.69, 9.17) is 10.00 Å². The summed E-state index contributed by atoms with van der Waals surface area (Å²) in [5.74, 6) is -0.971. The summed E-state index contributed by atoms with van der Waals surface area (Å²) in [6.45, 7) is 5.30. The highest BCUT2D eigenvalue weighted by molar-refractivity contribution is 5.97. The van der Waals surface area contributed by atoms with E-state index in [1.807, 2.05) is 26.0 Å². The van der Waals surface area contributed by atoms with Gasteiger partial charge in [-0.3, -0.25) is 4.79 Å². The van der Waals surface area contributed by atoms with E-state index in [-0.39, 0.29) is 0 Å². The first-order valence-electron chi connectivity index (χ1n) is 7.49. The minimum Gasteiger partial charge on any atom is -0.449 e. The molecule has 2 aromatic rings. The molecule has 0 saturated heterocycles. The maximum absolute atomic E-state index is 12.2. The fourth-order valence-electron chi connectivity index (χ4n) is 2.25. The minimum absolute atomic E-state index is 0.422. The number of nitriles is 1. The number of rotatable bonds is 4. The molecule has 0 heterocycles. The van der Waals surface area contributed by atoms with E-state index in [2.05, 4.69) is 5.32 Å². The second kappa shape index (κ2) is 7.42. The highest BCUT2D eigenvalue weighted by Crippen LogP contribution is 2.13. The number of hydrogen-bond acceptors (Lipinski definition) is 4. The van der Waals surface area contributed by atoms with E-state index >= 15 is 0 Å². The van der Waals surface area contributed by atoms with Gasteiger partial charge in [-0.2, -0.15) is 5.26 Å². The summed E-state index contributed by atoms with van der Waals surface area (Å²) in [6, 6.07) is 13.8. The van der Waals surface area contributed by atoms with Crippen molar-refractivity contribution in [1.29, 1.82) is 5.26 Å². The molecule has 1 atom stereocenters. The molecule has 0 bridgehead atoms. The van der Waals surface area contributed by atoms with E-state index in [0.29, 0.717) is 16.8 Å². The third kappa shape index (κ3) is 4.43. The molecule has 1 unspecified atom stereocenters. The van der Waals surface area contributed by atoms with Crippen molar-refractivity contribution >= 4 is 17.6 Å². The van der Waals surface area contributed by atoms with Crippen molar-refractivity contribution in [1.82, 2.24) is 0 Å². The van der Waals surface area contributed by atoms with Crippen molar-refractivity contribution in [2.75, 3.05) is 5.32 Å². The SMILES string of the molecule is Cc1cc(C)cc(C(=O)OC(C)C(=O)Nc2ccc(C#N)cc2)c1. The Morgan fingerprint density at radius 2 is 1.67 bits per heavy atom. The van der Waals surface area contributed by atoms with Gasteiger partial charge in [-0.1, -0.05) is 17.2 Å². The second-order valence-corrected chi connectivity index (χ2v) is 5.60. The van der Waals surface area contributed by atoms with E-state index < -0.39 is 18.0 Å². The van der Waals surface area contributed by atoms with Crippen LogP contribution >= 0.6 is 0 Å². The molecular formula is C19H18N2O3. The molecule has 1 N–H and O–H groups in total. The van der Waals surface area contributed by atoms with E-state index in [9.17, 15) is 9.59 Å². The number of benzene rings is 2. The van der Waals surface area contributed by atoms with E-state index in [0.717, 1.165) is 11.1 Å². The topological polar surface area (TPSA) is 79.2 Å². The molecular weight excluding hydrogens is 304 g/mol. The third-order valence-electron chi connectivity index (χ3n) is 3.39. The summed E-state index contributed by atoms with van der Waals surface area (Å²) in [7, 11) is 0. The average molecular weight is 322 g/mol. The van der Waals surface area contributed by atoms with Crippen LogP contribution in [0.15, 0.2) is 42.5 Å². The molecule has 0 aromatic heterocycles. The van der Waals surface area contributed by atoms with Gasteiger partial charge < -0.3 is 10.1 Å². The van der Waals surface area contributed by atoms with Crippen LogP contribution in [0.25, 0.3) is 0 Å². The Labute approximate surface area is 140 Å². The lowest BCUT2D eigenvalue weighted by Gasteiger charge is -2.14. The lowest BCUT2D eigenvalue weighted by atomic mass is 10.1. The molecule has 0 radical (unpaired) electrons. The number of anilines is 1. The van der Waals surface area contributed by atoms with Crippen LogP contribution in [0.5, 0.6) is 0 Å². The molecule has 5 nitrogen and oxygen atoms in total. The average Bonchev–Trinajstić information content (AvgIpc) is 2.54. The number of carbonyl (C=O) groups excluding carboxylic acids is 2. The van der Waals surface area contributed by atoms with Gasteiger partial charge in [0.2, 0.25) is 0 Å². The normalized spacial score (nSPS) is 11.2. The van der Waals surface area contributed by atoms with Crippen molar-refractivity contribution < 1.29 is 14.3 Å². The molecule has 122 valence electrons. The van der Waals surface area contributed by atoms with Crippen molar-refractivity contribution in [3.05, 3.63) is 64.7 Å². The third-order valence-corrected chi connectivity index (χ3v) is 3.39. The van der Waals surface area contributed by atoms with Gasteiger partial charge in [0.1, 0.15) is 0 Å². The zero-order valence-corrected chi connectivity index (χ0v) is 13.8. The Balaban J connectivity index is 2.00. The molecule has 0 aliphatic carbocycles. The van der Waals surface area contributed by atoms with Crippen LogP contribution in [-0.4, -0.2) is 18.0 Å². The van der Waals surface area contributed by atoms with Crippen LogP contribution in [0.1, 0.15) is 34.0 Å². The molecule has 24 heavy (non-hydrogen) atoms. The quantitative estimate of drug-likeness (QED) is 0.875. The zero-order valence-electron chi connectivity index (χ0n) is 13.8. The molecule has 1 amide bonds. The van der Waals surface area contributed by atoms with Gasteiger partial charge in [0.05, 0.1) is 17.2 Å². The molecule has 5 heteroatoms. The lowest BCUT2D eigenvalue weighted by molar-refractivity contribution is -0.123. The minimum atomic E-state index is -0.936. The second-order valence-electron chi connectivity index (χ2n) is 5.60. The molecule has 0 fully saturated rings. The molecule has 2 rings (SSSR count). The van der Waals surface area contributed by atoms with Crippen molar-refractivity contribution in [2.24, 2.45) is 0 Å². The van der Waals surface area contributed by atoms with Crippen molar-refractivity contribution in [3.8, 4) is 6.07 Å². The summed E-state index contributed by atoms with van der Waals surface area (Å²) >= 11 is 0. The number of amides is 1. The Hall–Kier alpha value is -3.13. The first kappa shape index (κ1) is 17.2. The highest BCUT2D eigenvalue weighted by atomic mass is 16.5. The zero-order chi connectivity index (χ0) is 17.7. The number of nitrogens with one attached hydrogen (secondary N) is 1. The van der Waals surface area contributed by atoms with Crippen LogP contribution < -0.4 is 5.32 Å². The largest absolute Gasteiger partial charge is 0.449 e. The number of nitrogens with zero attached hydrogens (tertiary/aromatic N) is 1. The maximum atomic E-state index is 12.2. The van der Waals surface area contributed by atoms with Gasteiger partial charge in [0, 0.05) is 5.69 Å². The van der Waals surface area contributed by atoms with Crippen LogP contribution in [0.2, 0.25) is 0 Å². The molecule has 0 aliphatic heterocycles.